The summed E-state index contributed by atoms with van der Waals surface area (Å²) in [5, 5.41) is 2.66. The molecule has 13 heteroatoms. The average Bonchev–Trinajstić information content (AvgIpc) is 2.73. The Morgan fingerprint density at radius 2 is 1.75 bits per heavy atom. The van der Waals surface area contributed by atoms with Crippen LogP contribution in [0.4, 0.5) is 24.7 Å². The first-order valence-corrected chi connectivity index (χ1v) is 10.2. The number of amides is 2. The quantitative estimate of drug-likeness (QED) is 0.499. The predicted octanol–water partition coefficient (Wildman–Crippen LogP) is 0.849. The van der Waals surface area contributed by atoms with Crippen LogP contribution in [-0.2, 0) is 27.4 Å². The van der Waals surface area contributed by atoms with Crippen LogP contribution in [0.15, 0.2) is 9.59 Å². The van der Waals surface area contributed by atoms with Crippen LogP contribution >= 0.6 is 0 Å². The fourth-order valence-corrected chi connectivity index (χ4v) is 3.09. The second kappa shape index (κ2) is 11.7. The Morgan fingerprint density at radius 1 is 1.16 bits per heavy atom. The SMILES string of the molecule is CCCn1c(N)c(N(CCOC)C(=O)C(F)(F)F)c(=O)n(CC(=O)NC(CC)CC)c1=O. The van der Waals surface area contributed by atoms with E-state index in [9.17, 15) is 32.3 Å². The number of alkyl halides is 3. The maximum Gasteiger partial charge on any atom is 0.471 e. The van der Waals surface area contributed by atoms with Gasteiger partial charge in [0, 0.05) is 26.2 Å². The highest BCUT2D eigenvalue weighted by Gasteiger charge is 2.44. The van der Waals surface area contributed by atoms with Crippen molar-refractivity contribution < 1.29 is 27.5 Å². The number of halogens is 3. The summed E-state index contributed by atoms with van der Waals surface area (Å²) in [4.78, 5) is 50.5. The molecule has 0 fully saturated rings. The Hall–Kier alpha value is -2.83. The van der Waals surface area contributed by atoms with E-state index in [1.807, 2.05) is 13.8 Å². The number of methoxy groups -OCH3 is 1. The zero-order chi connectivity index (χ0) is 24.6. The topological polar surface area (TPSA) is 129 Å². The lowest BCUT2D eigenvalue weighted by molar-refractivity contribution is -0.170. The van der Waals surface area contributed by atoms with Crippen molar-refractivity contribution in [2.45, 2.75) is 65.3 Å². The van der Waals surface area contributed by atoms with E-state index in [4.69, 9.17) is 10.5 Å². The van der Waals surface area contributed by atoms with Crippen LogP contribution in [0.2, 0.25) is 0 Å². The van der Waals surface area contributed by atoms with Gasteiger partial charge in [0.25, 0.3) is 5.56 Å². The van der Waals surface area contributed by atoms with E-state index in [1.165, 1.54) is 7.11 Å². The Kier molecular flexibility index (Phi) is 9.94. The molecule has 0 spiro atoms. The van der Waals surface area contributed by atoms with Crippen molar-refractivity contribution in [3.63, 3.8) is 0 Å². The highest BCUT2D eigenvalue weighted by atomic mass is 19.4. The van der Waals surface area contributed by atoms with Crippen molar-refractivity contribution >= 4 is 23.3 Å². The molecule has 0 aliphatic heterocycles. The molecule has 0 bridgehead atoms. The van der Waals surface area contributed by atoms with Crippen LogP contribution in [0.25, 0.3) is 0 Å². The van der Waals surface area contributed by atoms with Gasteiger partial charge >= 0.3 is 17.8 Å². The van der Waals surface area contributed by atoms with Gasteiger partial charge in [-0.3, -0.25) is 23.9 Å². The van der Waals surface area contributed by atoms with E-state index in [1.54, 1.807) is 6.92 Å². The number of carbonyl (C=O) groups is 2. The van der Waals surface area contributed by atoms with Crippen molar-refractivity contribution in [1.29, 1.82) is 0 Å². The molecule has 0 unspecified atom stereocenters. The number of carbonyl (C=O) groups excluding carboxylic acids is 2. The van der Waals surface area contributed by atoms with Gasteiger partial charge in [0.15, 0.2) is 5.69 Å². The van der Waals surface area contributed by atoms with Crippen molar-refractivity contribution in [3.8, 4) is 0 Å². The summed E-state index contributed by atoms with van der Waals surface area (Å²) in [6.45, 7) is 3.62. The number of anilines is 2. The summed E-state index contributed by atoms with van der Waals surface area (Å²) >= 11 is 0. The molecule has 0 aromatic carbocycles. The summed E-state index contributed by atoms with van der Waals surface area (Å²) in [5.41, 5.74) is 2.84. The lowest BCUT2D eigenvalue weighted by Crippen LogP contribution is -2.51. The smallest absolute Gasteiger partial charge is 0.383 e. The molecular weight excluding hydrogens is 435 g/mol. The average molecular weight is 465 g/mol. The van der Waals surface area contributed by atoms with Gasteiger partial charge in [0.1, 0.15) is 12.4 Å². The number of nitrogens with two attached hydrogens (primary N) is 1. The standard InChI is InChI=1S/C19H30F3N5O5/c1-5-8-26-15(23)14(25(9-10-32-4)17(30)19(20,21)22)16(29)27(18(26)31)11-13(28)24-12(6-2)7-3/h12H,5-11,23H2,1-4H3,(H,24,28). The molecule has 1 rings (SSSR count). The number of nitrogen functional groups attached to an aromatic ring is 1. The fraction of sp³-hybridized carbons (Fsp3) is 0.684. The number of hydrogen-bond donors (Lipinski definition) is 2. The van der Waals surface area contributed by atoms with Crippen LogP contribution < -0.4 is 27.2 Å². The van der Waals surface area contributed by atoms with Gasteiger partial charge in [0.05, 0.1) is 6.61 Å². The zero-order valence-electron chi connectivity index (χ0n) is 18.6. The summed E-state index contributed by atoms with van der Waals surface area (Å²) in [6.07, 6.45) is -3.74. The van der Waals surface area contributed by atoms with E-state index in [2.05, 4.69) is 5.32 Å². The number of rotatable bonds is 11. The monoisotopic (exact) mass is 465 g/mol. The van der Waals surface area contributed by atoms with Crippen molar-refractivity contribution in [1.82, 2.24) is 14.5 Å². The van der Waals surface area contributed by atoms with E-state index < -0.39 is 53.8 Å². The molecule has 1 aromatic heterocycles. The maximum absolute atomic E-state index is 13.2. The lowest BCUT2D eigenvalue weighted by atomic mass is 10.2. The van der Waals surface area contributed by atoms with Crippen LogP contribution in [-0.4, -0.2) is 53.4 Å². The molecule has 3 N–H and O–H groups in total. The predicted molar refractivity (Wildman–Crippen MR) is 112 cm³/mol. The third-order valence-corrected chi connectivity index (χ3v) is 4.82. The van der Waals surface area contributed by atoms with E-state index in [0.29, 0.717) is 23.8 Å². The molecule has 32 heavy (non-hydrogen) atoms. The Morgan fingerprint density at radius 3 is 2.22 bits per heavy atom. The largest absolute Gasteiger partial charge is 0.471 e. The summed E-state index contributed by atoms with van der Waals surface area (Å²) in [6, 6.07) is -0.200. The summed E-state index contributed by atoms with van der Waals surface area (Å²) < 4.78 is 45.8. The van der Waals surface area contributed by atoms with Crippen LogP contribution in [0.3, 0.4) is 0 Å². The van der Waals surface area contributed by atoms with Gasteiger partial charge in [-0.1, -0.05) is 20.8 Å². The number of ether oxygens (including phenoxy) is 1. The Labute approximate surface area is 183 Å². The number of nitrogens with one attached hydrogen (secondary N) is 1. The molecule has 10 nitrogen and oxygen atoms in total. The first kappa shape index (κ1) is 27.2. The highest BCUT2D eigenvalue weighted by Crippen LogP contribution is 2.25. The van der Waals surface area contributed by atoms with Gasteiger partial charge < -0.3 is 15.8 Å². The normalized spacial score (nSPS) is 11.6. The second-order valence-corrected chi connectivity index (χ2v) is 7.09. The summed E-state index contributed by atoms with van der Waals surface area (Å²) in [5.74, 6) is -3.59. The summed E-state index contributed by atoms with van der Waals surface area (Å²) in [7, 11) is 1.21. The fourth-order valence-electron chi connectivity index (χ4n) is 3.09. The van der Waals surface area contributed by atoms with Crippen LogP contribution in [0.5, 0.6) is 0 Å². The molecule has 0 aliphatic carbocycles. The zero-order valence-corrected chi connectivity index (χ0v) is 18.6. The van der Waals surface area contributed by atoms with Crippen LogP contribution in [0.1, 0.15) is 40.0 Å². The van der Waals surface area contributed by atoms with Gasteiger partial charge in [-0.25, -0.2) is 9.36 Å². The van der Waals surface area contributed by atoms with Crippen molar-refractivity contribution in [2.24, 2.45) is 0 Å². The first-order chi connectivity index (χ1) is 14.9. The molecule has 0 saturated carbocycles. The van der Waals surface area contributed by atoms with Crippen molar-refractivity contribution in [2.75, 3.05) is 30.9 Å². The third-order valence-electron chi connectivity index (χ3n) is 4.82. The molecule has 0 atom stereocenters. The number of nitrogens with zero attached hydrogens (tertiary/aromatic N) is 3. The van der Waals surface area contributed by atoms with E-state index >= 15 is 0 Å². The van der Waals surface area contributed by atoms with E-state index in [0.717, 1.165) is 4.57 Å². The molecular formula is C19H30F3N5O5. The molecule has 0 aliphatic rings. The van der Waals surface area contributed by atoms with Gasteiger partial charge in [-0.05, 0) is 19.3 Å². The van der Waals surface area contributed by atoms with Crippen molar-refractivity contribution in [3.05, 3.63) is 20.8 Å². The maximum atomic E-state index is 13.2. The van der Waals surface area contributed by atoms with Crippen LogP contribution in [0, 0.1) is 0 Å². The van der Waals surface area contributed by atoms with Gasteiger partial charge in [-0.2, -0.15) is 13.2 Å². The molecule has 2 amide bonds. The lowest BCUT2D eigenvalue weighted by Gasteiger charge is -2.26. The highest BCUT2D eigenvalue weighted by molar-refractivity contribution is 5.99. The number of hydrogen-bond acceptors (Lipinski definition) is 6. The Bertz CT molecular complexity index is 922. The van der Waals surface area contributed by atoms with E-state index in [-0.39, 0.29) is 24.1 Å². The molecule has 1 aromatic rings. The minimum atomic E-state index is -5.31. The number of aromatic nitrogens is 2. The van der Waals surface area contributed by atoms with Gasteiger partial charge in [0.2, 0.25) is 5.91 Å². The minimum absolute atomic E-state index is 0.0373. The third kappa shape index (κ3) is 6.34. The molecule has 0 saturated heterocycles. The molecule has 0 radical (unpaired) electrons. The first-order valence-electron chi connectivity index (χ1n) is 10.2. The molecule has 1 heterocycles. The van der Waals surface area contributed by atoms with Gasteiger partial charge in [-0.15, -0.1) is 0 Å². The second-order valence-electron chi connectivity index (χ2n) is 7.09. The molecule has 182 valence electrons. The Balaban J connectivity index is 3.70. The minimum Gasteiger partial charge on any atom is -0.383 e.